The van der Waals surface area contributed by atoms with Crippen molar-refractivity contribution in [1.29, 1.82) is 0 Å². The van der Waals surface area contributed by atoms with E-state index in [1.54, 1.807) is 0 Å². The van der Waals surface area contributed by atoms with Crippen LogP contribution in [0.25, 0.3) is 0 Å². The summed E-state index contributed by atoms with van der Waals surface area (Å²) < 4.78 is 5.48. The maximum absolute atomic E-state index is 10.2. The number of ether oxygens (including phenoxy) is 1. The number of aldehydes is 1. The first-order valence-electron chi connectivity index (χ1n) is 4.88. The Morgan fingerprint density at radius 2 is 2.40 bits per heavy atom. The van der Waals surface area contributed by atoms with Gasteiger partial charge in [0.1, 0.15) is 18.1 Å². The molecular weight excluding hydrogens is 192 g/mol. The summed E-state index contributed by atoms with van der Waals surface area (Å²) in [6.45, 7) is 3.39. The third-order valence-corrected chi connectivity index (χ3v) is 2.14. The van der Waals surface area contributed by atoms with Crippen LogP contribution < -0.4 is 0 Å². The van der Waals surface area contributed by atoms with Crippen molar-refractivity contribution in [2.75, 3.05) is 0 Å². The van der Waals surface area contributed by atoms with E-state index in [1.165, 1.54) is 12.2 Å². The van der Waals surface area contributed by atoms with Gasteiger partial charge in [0, 0.05) is 12.5 Å². The summed E-state index contributed by atoms with van der Waals surface area (Å²) in [5.41, 5.74) is 0. The molecule has 3 heteroatoms. The van der Waals surface area contributed by atoms with Gasteiger partial charge in [0.05, 0.1) is 6.10 Å². The maximum Gasteiger partial charge on any atom is 0.123 e. The molecule has 0 amide bonds. The molecule has 1 N–H and O–H groups in total. The Balaban J connectivity index is 2.41. The van der Waals surface area contributed by atoms with E-state index in [0.29, 0.717) is 6.42 Å². The van der Waals surface area contributed by atoms with E-state index in [2.05, 4.69) is 18.4 Å². The molecule has 2 unspecified atom stereocenters. The predicted molar refractivity (Wildman–Crippen MR) is 57.3 cm³/mol. The van der Waals surface area contributed by atoms with Gasteiger partial charge in [-0.05, 0) is 18.9 Å². The van der Waals surface area contributed by atoms with Crippen molar-refractivity contribution in [3.63, 3.8) is 0 Å². The number of rotatable bonds is 3. The normalized spacial score (nSPS) is 25.5. The second kappa shape index (κ2) is 6.05. The Kier molecular flexibility index (Phi) is 4.65. The molecule has 1 aliphatic rings. The van der Waals surface area contributed by atoms with Gasteiger partial charge in [-0.25, -0.2) is 0 Å². The van der Waals surface area contributed by atoms with Gasteiger partial charge in [-0.3, -0.25) is 0 Å². The minimum atomic E-state index is -0.121. The number of carbonyl (C=O) groups is 1. The highest BCUT2D eigenvalue weighted by Crippen LogP contribution is 2.20. The van der Waals surface area contributed by atoms with Crippen LogP contribution in [0.3, 0.4) is 0 Å². The van der Waals surface area contributed by atoms with E-state index in [0.717, 1.165) is 19.1 Å². The van der Waals surface area contributed by atoms with E-state index in [4.69, 9.17) is 9.84 Å². The molecule has 0 bridgehead atoms. The molecule has 2 atom stereocenters. The molecular formula is C12H14O3. The van der Waals surface area contributed by atoms with Gasteiger partial charge < -0.3 is 14.6 Å². The fourth-order valence-corrected chi connectivity index (χ4v) is 1.36. The first kappa shape index (κ1) is 11.5. The zero-order chi connectivity index (χ0) is 11.1. The van der Waals surface area contributed by atoms with Crippen LogP contribution in [0.4, 0.5) is 0 Å². The Labute approximate surface area is 89.4 Å². The second-order valence-electron chi connectivity index (χ2n) is 3.29. The molecule has 80 valence electrons. The molecule has 3 nitrogen and oxygen atoms in total. The first-order chi connectivity index (χ1) is 7.26. The molecule has 0 aromatic rings. The zero-order valence-electron chi connectivity index (χ0n) is 8.48. The summed E-state index contributed by atoms with van der Waals surface area (Å²) in [7, 11) is 0. The summed E-state index contributed by atoms with van der Waals surface area (Å²) in [4.78, 5) is 10.2. The Morgan fingerprint density at radius 1 is 1.60 bits per heavy atom. The minimum absolute atomic E-state index is 0.0128. The van der Waals surface area contributed by atoms with Gasteiger partial charge >= 0.3 is 0 Å². The van der Waals surface area contributed by atoms with Gasteiger partial charge in [0.25, 0.3) is 0 Å². The average Bonchev–Trinajstić information content (AvgIpc) is 2.66. The van der Waals surface area contributed by atoms with Crippen LogP contribution in [0.15, 0.2) is 24.5 Å². The smallest absolute Gasteiger partial charge is 0.123 e. The van der Waals surface area contributed by atoms with Gasteiger partial charge in [0.2, 0.25) is 0 Å². The largest absolute Gasteiger partial charge is 0.507 e. The van der Waals surface area contributed by atoms with Gasteiger partial charge in [-0.1, -0.05) is 18.4 Å². The Hall–Kier alpha value is -1.53. The van der Waals surface area contributed by atoms with Crippen molar-refractivity contribution >= 4 is 6.29 Å². The summed E-state index contributed by atoms with van der Waals surface area (Å²) in [6, 6.07) is 0. The van der Waals surface area contributed by atoms with Crippen molar-refractivity contribution in [2.24, 2.45) is 0 Å². The summed E-state index contributed by atoms with van der Waals surface area (Å²) in [5.74, 6) is 5.60. The fraction of sp³-hybridized carbons (Fsp3) is 0.417. The molecule has 1 saturated heterocycles. The fourth-order valence-electron chi connectivity index (χ4n) is 1.36. The van der Waals surface area contributed by atoms with Gasteiger partial charge in [-0.2, -0.15) is 0 Å². The van der Waals surface area contributed by atoms with Crippen LogP contribution in [0, 0.1) is 11.8 Å². The second-order valence-corrected chi connectivity index (χ2v) is 3.29. The quantitative estimate of drug-likeness (QED) is 0.331. The molecule has 0 aliphatic carbocycles. The van der Waals surface area contributed by atoms with E-state index in [9.17, 15) is 4.79 Å². The van der Waals surface area contributed by atoms with E-state index >= 15 is 0 Å². The van der Waals surface area contributed by atoms with Gasteiger partial charge in [0.15, 0.2) is 0 Å². The molecule has 15 heavy (non-hydrogen) atoms. The van der Waals surface area contributed by atoms with Crippen molar-refractivity contribution < 1.29 is 14.6 Å². The maximum atomic E-state index is 10.2. The van der Waals surface area contributed by atoms with Gasteiger partial charge in [-0.15, -0.1) is 0 Å². The van der Waals surface area contributed by atoms with Crippen molar-refractivity contribution in [3.8, 4) is 11.8 Å². The highest BCUT2D eigenvalue weighted by molar-refractivity contribution is 5.50. The van der Waals surface area contributed by atoms with Crippen molar-refractivity contribution in [3.05, 3.63) is 24.5 Å². The predicted octanol–water partition coefficient (Wildman–Crippen LogP) is 1.75. The lowest BCUT2D eigenvalue weighted by Gasteiger charge is -2.04. The lowest BCUT2D eigenvalue weighted by molar-refractivity contribution is -0.109. The van der Waals surface area contributed by atoms with Crippen LogP contribution >= 0.6 is 0 Å². The van der Waals surface area contributed by atoms with Crippen LogP contribution in [0.1, 0.15) is 19.3 Å². The zero-order valence-corrected chi connectivity index (χ0v) is 8.48. The van der Waals surface area contributed by atoms with E-state index in [1.807, 2.05) is 0 Å². The monoisotopic (exact) mass is 206 g/mol. The highest BCUT2D eigenvalue weighted by Gasteiger charge is 2.22. The number of aliphatic hydroxyl groups is 1. The Morgan fingerprint density at radius 3 is 3.07 bits per heavy atom. The first-order valence-corrected chi connectivity index (χ1v) is 4.88. The van der Waals surface area contributed by atoms with Crippen molar-refractivity contribution in [1.82, 2.24) is 0 Å². The molecule has 1 rings (SSSR count). The lowest BCUT2D eigenvalue weighted by atomic mass is 10.1. The molecule has 1 fully saturated rings. The molecule has 1 heterocycles. The highest BCUT2D eigenvalue weighted by atomic mass is 16.5. The van der Waals surface area contributed by atoms with Crippen LogP contribution in [0.5, 0.6) is 0 Å². The van der Waals surface area contributed by atoms with Crippen molar-refractivity contribution in [2.45, 2.75) is 31.5 Å². The molecule has 0 spiro atoms. The standard InChI is InChI=1S/C12H14O3/c1-2-10(14)4-3-5-11-6-7-12(15-11)8-9-13/h2,4,9,11-12,14H,1,6-8H2/b10-4+. The topological polar surface area (TPSA) is 46.5 Å². The number of aliphatic hydroxyl groups excluding tert-OH is 1. The summed E-state index contributed by atoms with van der Waals surface area (Å²) >= 11 is 0. The number of hydrogen-bond donors (Lipinski definition) is 1. The van der Waals surface area contributed by atoms with Crippen LogP contribution in [-0.2, 0) is 9.53 Å². The van der Waals surface area contributed by atoms with E-state index < -0.39 is 0 Å². The molecule has 0 radical (unpaired) electrons. The lowest BCUT2D eigenvalue weighted by Crippen LogP contribution is -2.09. The van der Waals surface area contributed by atoms with E-state index in [-0.39, 0.29) is 18.0 Å². The van der Waals surface area contributed by atoms with Crippen LogP contribution in [-0.4, -0.2) is 23.6 Å². The third kappa shape index (κ3) is 4.01. The molecule has 0 aromatic heterocycles. The minimum Gasteiger partial charge on any atom is -0.507 e. The number of allylic oxidation sites excluding steroid dienone is 2. The molecule has 0 saturated carbocycles. The SMILES string of the molecule is C=C/C(O)=C\C#CC1CCC(CC=O)O1. The average molecular weight is 206 g/mol. The third-order valence-electron chi connectivity index (χ3n) is 2.14. The number of carbonyl (C=O) groups excluding carboxylic acids is 1. The van der Waals surface area contributed by atoms with Crippen LogP contribution in [0.2, 0.25) is 0 Å². The molecule has 1 aliphatic heterocycles. The summed E-state index contributed by atoms with van der Waals surface area (Å²) in [6.07, 6.45) is 5.60. The summed E-state index contributed by atoms with van der Waals surface area (Å²) in [5, 5.41) is 9.02. The Bertz CT molecular complexity index is 319. The molecule has 0 aromatic carbocycles. The number of hydrogen-bond acceptors (Lipinski definition) is 3.